The molecular weight excluding hydrogens is 327 g/mol. The van der Waals surface area contributed by atoms with Crippen LogP contribution in [0.3, 0.4) is 0 Å². The van der Waals surface area contributed by atoms with E-state index < -0.39 is 0 Å². The Morgan fingerprint density at radius 2 is 2.24 bits per heavy atom. The van der Waals surface area contributed by atoms with Crippen LogP contribution < -0.4 is 10.6 Å². The Balaban J connectivity index is 0.00000108. The van der Waals surface area contributed by atoms with E-state index in [4.69, 9.17) is 0 Å². The molecule has 1 saturated heterocycles. The standard InChI is InChI=1S/C12H22N4.HI/c1-5-13-12(14-6-1)15-8-10-4-7-16(9-10)11-2-3-11;/h10-11H,1-9H2,(H2,13,14,15);1H. The first kappa shape index (κ1) is 13.4. The molecule has 0 radical (unpaired) electrons. The highest BCUT2D eigenvalue weighted by Gasteiger charge is 2.34. The van der Waals surface area contributed by atoms with Gasteiger partial charge in [0.1, 0.15) is 0 Å². The summed E-state index contributed by atoms with van der Waals surface area (Å²) in [5, 5.41) is 6.77. The summed E-state index contributed by atoms with van der Waals surface area (Å²) in [6.07, 6.45) is 5.41. The molecule has 0 bridgehead atoms. The number of rotatable bonds is 3. The smallest absolute Gasteiger partial charge is 0.191 e. The van der Waals surface area contributed by atoms with Gasteiger partial charge in [-0.1, -0.05) is 0 Å². The van der Waals surface area contributed by atoms with E-state index in [2.05, 4.69) is 20.5 Å². The fourth-order valence-corrected chi connectivity index (χ4v) is 2.69. The fraction of sp³-hybridized carbons (Fsp3) is 0.917. The van der Waals surface area contributed by atoms with Crippen molar-refractivity contribution < 1.29 is 0 Å². The van der Waals surface area contributed by atoms with Crippen LogP contribution in [0.5, 0.6) is 0 Å². The van der Waals surface area contributed by atoms with Crippen LogP contribution in [0.1, 0.15) is 25.7 Å². The summed E-state index contributed by atoms with van der Waals surface area (Å²) >= 11 is 0. The van der Waals surface area contributed by atoms with E-state index in [1.54, 1.807) is 0 Å². The number of halogens is 1. The molecule has 17 heavy (non-hydrogen) atoms. The number of likely N-dealkylation sites (tertiary alicyclic amines) is 1. The van der Waals surface area contributed by atoms with Gasteiger partial charge in [0.25, 0.3) is 0 Å². The Labute approximate surface area is 121 Å². The minimum atomic E-state index is 0. The van der Waals surface area contributed by atoms with Crippen LogP contribution in [0, 0.1) is 5.92 Å². The molecule has 3 aliphatic rings. The topological polar surface area (TPSA) is 39.7 Å². The molecule has 0 amide bonds. The molecule has 2 aliphatic heterocycles. The van der Waals surface area contributed by atoms with Gasteiger partial charge >= 0.3 is 0 Å². The van der Waals surface area contributed by atoms with E-state index in [1.807, 2.05) is 0 Å². The zero-order valence-corrected chi connectivity index (χ0v) is 12.7. The first-order valence-electron chi connectivity index (χ1n) is 6.68. The van der Waals surface area contributed by atoms with Gasteiger partial charge in [0, 0.05) is 32.2 Å². The second kappa shape index (κ2) is 6.22. The lowest BCUT2D eigenvalue weighted by molar-refractivity contribution is 0.314. The van der Waals surface area contributed by atoms with Crippen molar-refractivity contribution in [2.45, 2.75) is 31.7 Å². The highest BCUT2D eigenvalue weighted by Crippen LogP contribution is 2.31. The fourth-order valence-electron chi connectivity index (χ4n) is 2.69. The SMILES string of the molecule is C1CN=C(NCC2CCN(C3CC3)C2)NC1.I. The Kier molecular flexibility index (Phi) is 4.90. The first-order chi connectivity index (χ1) is 7.92. The van der Waals surface area contributed by atoms with E-state index >= 15 is 0 Å². The van der Waals surface area contributed by atoms with Crippen LogP contribution >= 0.6 is 24.0 Å². The molecular formula is C12H23IN4. The Morgan fingerprint density at radius 3 is 2.94 bits per heavy atom. The lowest BCUT2D eigenvalue weighted by Gasteiger charge is -2.19. The predicted molar refractivity (Wildman–Crippen MR) is 81.0 cm³/mol. The number of hydrogen-bond acceptors (Lipinski definition) is 4. The van der Waals surface area contributed by atoms with Gasteiger partial charge in [0.05, 0.1) is 0 Å². The van der Waals surface area contributed by atoms with Gasteiger partial charge in [0.2, 0.25) is 0 Å². The van der Waals surface area contributed by atoms with Crippen LogP contribution in [-0.2, 0) is 0 Å². The molecule has 2 heterocycles. The average molecular weight is 350 g/mol. The minimum absolute atomic E-state index is 0. The molecule has 4 nitrogen and oxygen atoms in total. The van der Waals surface area contributed by atoms with Crippen molar-refractivity contribution >= 4 is 29.9 Å². The van der Waals surface area contributed by atoms with Gasteiger partial charge in [-0.05, 0) is 38.1 Å². The number of guanidine groups is 1. The molecule has 0 aromatic heterocycles. The Morgan fingerprint density at radius 1 is 1.35 bits per heavy atom. The third-order valence-corrected chi connectivity index (χ3v) is 3.84. The summed E-state index contributed by atoms with van der Waals surface area (Å²) in [5.41, 5.74) is 0. The highest BCUT2D eigenvalue weighted by atomic mass is 127. The van der Waals surface area contributed by atoms with E-state index in [0.29, 0.717) is 0 Å². The highest BCUT2D eigenvalue weighted by molar-refractivity contribution is 14.0. The summed E-state index contributed by atoms with van der Waals surface area (Å²) in [6, 6.07) is 0.940. The van der Waals surface area contributed by atoms with Crippen molar-refractivity contribution in [3.8, 4) is 0 Å². The van der Waals surface area contributed by atoms with Crippen molar-refractivity contribution in [1.82, 2.24) is 15.5 Å². The van der Waals surface area contributed by atoms with E-state index in [9.17, 15) is 0 Å². The first-order valence-corrected chi connectivity index (χ1v) is 6.68. The predicted octanol–water partition coefficient (Wildman–Crippen LogP) is 1.03. The molecule has 1 unspecified atom stereocenters. The Hall–Kier alpha value is -0.0400. The average Bonchev–Trinajstić information content (AvgIpc) is 3.08. The molecule has 0 aromatic rings. The van der Waals surface area contributed by atoms with Crippen molar-refractivity contribution in [1.29, 1.82) is 0 Å². The zero-order valence-electron chi connectivity index (χ0n) is 10.3. The van der Waals surface area contributed by atoms with Gasteiger partial charge in [-0.2, -0.15) is 0 Å². The molecule has 2 fully saturated rings. The monoisotopic (exact) mass is 350 g/mol. The molecule has 98 valence electrons. The molecule has 1 aliphatic carbocycles. The lowest BCUT2D eigenvalue weighted by Crippen LogP contribution is -2.43. The summed E-state index contributed by atoms with van der Waals surface area (Å²) in [4.78, 5) is 7.11. The molecule has 0 aromatic carbocycles. The summed E-state index contributed by atoms with van der Waals surface area (Å²) in [7, 11) is 0. The number of hydrogen-bond donors (Lipinski definition) is 2. The van der Waals surface area contributed by atoms with Gasteiger partial charge < -0.3 is 15.5 Å². The molecule has 0 spiro atoms. The van der Waals surface area contributed by atoms with E-state index in [1.165, 1.54) is 38.8 Å². The van der Waals surface area contributed by atoms with Gasteiger partial charge in [-0.25, -0.2) is 0 Å². The summed E-state index contributed by atoms with van der Waals surface area (Å²) in [6.45, 7) is 5.76. The van der Waals surface area contributed by atoms with Crippen LogP contribution in [0.25, 0.3) is 0 Å². The van der Waals surface area contributed by atoms with Gasteiger partial charge in [-0.15, -0.1) is 24.0 Å². The molecule has 3 rings (SSSR count). The number of nitrogens with one attached hydrogen (secondary N) is 2. The largest absolute Gasteiger partial charge is 0.356 e. The quantitative estimate of drug-likeness (QED) is 0.747. The molecule has 1 atom stereocenters. The van der Waals surface area contributed by atoms with Crippen LogP contribution in [0.4, 0.5) is 0 Å². The molecule has 2 N–H and O–H groups in total. The van der Waals surface area contributed by atoms with Crippen molar-refractivity contribution in [2.24, 2.45) is 10.9 Å². The normalized spacial score (nSPS) is 29.2. The Bertz CT molecular complexity index is 278. The maximum Gasteiger partial charge on any atom is 0.191 e. The van der Waals surface area contributed by atoms with E-state index in [0.717, 1.165) is 37.6 Å². The van der Waals surface area contributed by atoms with Crippen molar-refractivity contribution in [3.05, 3.63) is 0 Å². The zero-order chi connectivity index (χ0) is 10.8. The maximum atomic E-state index is 4.44. The third-order valence-electron chi connectivity index (χ3n) is 3.84. The number of aliphatic imine (C=N–C) groups is 1. The van der Waals surface area contributed by atoms with Gasteiger partial charge in [0.15, 0.2) is 5.96 Å². The van der Waals surface area contributed by atoms with Crippen LogP contribution in [-0.4, -0.2) is 49.6 Å². The lowest BCUT2D eigenvalue weighted by atomic mass is 10.1. The van der Waals surface area contributed by atoms with Crippen LogP contribution in [0.2, 0.25) is 0 Å². The van der Waals surface area contributed by atoms with Crippen molar-refractivity contribution in [3.63, 3.8) is 0 Å². The maximum absolute atomic E-state index is 4.44. The summed E-state index contributed by atoms with van der Waals surface area (Å²) in [5.74, 6) is 1.85. The second-order valence-electron chi connectivity index (χ2n) is 5.27. The second-order valence-corrected chi connectivity index (χ2v) is 5.27. The molecule has 5 heteroatoms. The van der Waals surface area contributed by atoms with E-state index in [-0.39, 0.29) is 24.0 Å². The molecule has 1 saturated carbocycles. The number of nitrogens with zero attached hydrogens (tertiary/aromatic N) is 2. The minimum Gasteiger partial charge on any atom is -0.356 e. The van der Waals surface area contributed by atoms with Crippen LogP contribution in [0.15, 0.2) is 4.99 Å². The third kappa shape index (κ3) is 3.71. The van der Waals surface area contributed by atoms with Gasteiger partial charge in [-0.3, -0.25) is 4.99 Å². The summed E-state index contributed by atoms with van der Waals surface area (Å²) < 4.78 is 0. The van der Waals surface area contributed by atoms with Crippen molar-refractivity contribution in [2.75, 3.05) is 32.7 Å².